The van der Waals surface area contributed by atoms with Gasteiger partial charge < -0.3 is 19.5 Å². The molecule has 146 valence electrons. The van der Waals surface area contributed by atoms with Gasteiger partial charge in [0.1, 0.15) is 17.6 Å². The first kappa shape index (κ1) is 19.2. The van der Waals surface area contributed by atoms with Gasteiger partial charge in [-0.05, 0) is 24.1 Å². The van der Waals surface area contributed by atoms with Crippen LogP contribution in [0.15, 0.2) is 36.7 Å². The van der Waals surface area contributed by atoms with Crippen molar-refractivity contribution in [1.82, 2.24) is 19.8 Å². The minimum absolute atomic E-state index is 0.000109. The molecule has 0 saturated carbocycles. The smallest absolute Gasteiger partial charge is 0.406 e. The Morgan fingerprint density at radius 2 is 2.07 bits per heavy atom. The molecule has 1 unspecified atom stereocenters. The van der Waals surface area contributed by atoms with E-state index in [0.717, 1.165) is 17.9 Å². The molecule has 1 amide bonds. The lowest BCUT2D eigenvalue weighted by atomic mass is 10.1. The standard InChI is InChI=1S/C18H21F3N4O2/c1-24-10-9-23-17(24)15-12-22-8-11-25(15)16(26)7-4-13-2-5-14(6-3-13)27-18(19,20)21/h2-3,5-6,9-10,15,22H,4,7-8,11-12H2,1H3. The molecular weight excluding hydrogens is 361 g/mol. The summed E-state index contributed by atoms with van der Waals surface area (Å²) in [5.41, 5.74) is 0.779. The molecule has 1 aromatic heterocycles. The monoisotopic (exact) mass is 382 g/mol. The largest absolute Gasteiger partial charge is 0.573 e. The molecule has 2 heterocycles. The van der Waals surface area contributed by atoms with E-state index in [9.17, 15) is 18.0 Å². The summed E-state index contributed by atoms with van der Waals surface area (Å²) in [7, 11) is 1.89. The van der Waals surface area contributed by atoms with Crippen LogP contribution in [0.5, 0.6) is 5.75 Å². The summed E-state index contributed by atoms with van der Waals surface area (Å²) in [6.45, 7) is 1.95. The Hall–Kier alpha value is -2.55. The van der Waals surface area contributed by atoms with Crippen molar-refractivity contribution in [3.05, 3.63) is 48.0 Å². The number of aryl methyl sites for hydroxylation is 2. The Morgan fingerprint density at radius 1 is 1.33 bits per heavy atom. The van der Waals surface area contributed by atoms with E-state index in [1.54, 1.807) is 18.3 Å². The summed E-state index contributed by atoms with van der Waals surface area (Å²) in [5, 5.41) is 3.28. The van der Waals surface area contributed by atoms with Gasteiger partial charge in [-0.25, -0.2) is 4.98 Å². The molecule has 2 aromatic rings. The molecule has 1 N–H and O–H groups in total. The fraction of sp³-hybridized carbons (Fsp3) is 0.444. The van der Waals surface area contributed by atoms with E-state index in [1.165, 1.54) is 12.1 Å². The highest BCUT2D eigenvalue weighted by Gasteiger charge is 2.31. The molecule has 1 aliphatic heterocycles. The third-order valence-electron chi connectivity index (χ3n) is 4.50. The van der Waals surface area contributed by atoms with Gasteiger partial charge in [-0.1, -0.05) is 12.1 Å². The van der Waals surface area contributed by atoms with Crippen LogP contribution in [0.4, 0.5) is 13.2 Å². The molecular formula is C18H21F3N4O2. The van der Waals surface area contributed by atoms with E-state index in [2.05, 4.69) is 15.0 Å². The Bertz CT molecular complexity index is 774. The maximum atomic E-state index is 12.7. The van der Waals surface area contributed by atoms with Gasteiger partial charge >= 0.3 is 6.36 Å². The number of piperazine rings is 1. The van der Waals surface area contributed by atoms with E-state index < -0.39 is 6.36 Å². The Morgan fingerprint density at radius 3 is 2.70 bits per heavy atom. The van der Waals surface area contributed by atoms with Crippen LogP contribution in [0.25, 0.3) is 0 Å². The number of nitrogens with zero attached hydrogens (tertiary/aromatic N) is 3. The van der Waals surface area contributed by atoms with E-state index in [0.29, 0.717) is 19.5 Å². The van der Waals surface area contributed by atoms with Gasteiger partial charge in [-0.3, -0.25) is 4.79 Å². The number of carbonyl (C=O) groups excluding carboxylic acids is 1. The molecule has 0 bridgehead atoms. The minimum atomic E-state index is -4.71. The normalized spacial score (nSPS) is 17.8. The van der Waals surface area contributed by atoms with E-state index in [1.807, 2.05) is 22.7 Å². The van der Waals surface area contributed by atoms with Gasteiger partial charge in [0.15, 0.2) is 0 Å². The van der Waals surface area contributed by atoms with Crippen molar-refractivity contribution in [2.24, 2.45) is 7.05 Å². The van der Waals surface area contributed by atoms with Crippen molar-refractivity contribution >= 4 is 5.91 Å². The second kappa shape index (κ2) is 7.99. The van der Waals surface area contributed by atoms with Gasteiger partial charge in [0.2, 0.25) is 5.91 Å². The highest BCUT2D eigenvalue weighted by molar-refractivity contribution is 5.77. The van der Waals surface area contributed by atoms with Crippen LogP contribution < -0.4 is 10.1 Å². The molecule has 0 aliphatic carbocycles. The predicted octanol–water partition coefficient (Wildman–Crippen LogP) is 2.42. The number of hydrogen-bond acceptors (Lipinski definition) is 4. The molecule has 1 aliphatic rings. The quantitative estimate of drug-likeness (QED) is 0.863. The summed E-state index contributed by atoms with van der Waals surface area (Å²) in [6, 6.07) is 5.47. The fourth-order valence-electron chi connectivity index (χ4n) is 3.18. The topological polar surface area (TPSA) is 59.4 Å². The van der Waals surface area contributed by atoms with Crippen molar-refractivity contribution in [1.29, 1.82) is 0 Å². The van der Waals surface area contributed by atoms with Crippen LogP contribution in [0, 0.1) is 0 Å². The molecule has 27 heavy (non-hydrogen) atoms. The second-order valence-electron chi connectivity index (χ2n) is 6.40. The Kier molecular flexibility index (Phi) is 5.69. The average molecular weight is 382 g/mol. The van der Waals surface area contributed by atoms with Gasteiger partial charge in [0, 0.05) is 45.5 Å². The molecule has 1 saturated heterocycles. The first-order valence-electron chi connectivity index (χ1n) is 8.65. The maximum Gasteiger partial charge on any atom is 0.573 e. The number of imidazole rings is 1. The first-order valence-corrected chi connectivity index (χ1v) is 8.65. The van der Waals surface area contributed by atoms with Crippen molar-refractivity contribution in [2.75, 3.05) is 19.6 Å². The lowest BCUT2D eigenvalue weighted by molar-refractivity contribution is -0.274. The minimum Gasteiger partial charge on any atom is -0.406 e. The zero-order valence-corrected chi connectivity index (χ0v) is 14.9. The number of nitrogens with one attached hydrogen (secondary N) is 1. The summed E-state index contributed by atoms with van der Waals surface area (Å²) in [4.78, 5) is 18.9. The van der Waals surface area contributed by atoms with E-state index >= 15 is 0 Å². The zero-order valence-electron chi connectivity index (χ0n) is 14.9. The third-order valence-corrected chi connectivity index (χ3v) is 4.50. The predicted molar refractivity (Wildman–Crippen MR) is 92.0 cm³/mol. The number of rotatable bonds is 5. The van der Waals surface area contributed by atoms with Crippen LogP contribution in [0.2, 0.25) is 0 Å². The van der Waals surface area contributed by atoms with Crippen molar-refractivity contribution < 1.29 is 22.7 Å². The number of hydrogen-bond donors (Lipinski definition) is 1. The highest BCUT2D eigenvalue weighted by Crippen LogP contribution is 2.24. The van der Waals surface area contributed by atoms with Crippen LogP contribution in [-0.2, 0) is 18.3 Å². The molecule has 9 heteroatoms. The SMILES string of the molecule is Cn1ccnc1C1CNCCN1C(=O)CCc1ccc(OC(F)(F)F)cc1. The molecule has 6 nitrogen and oxygen atoms in total. The number of carbonyl (C=O) groups is 1. The van der Waals surface area contributed by atoms with Gasteiger partial charge in [0.25, 0.3) is 0 Å². The summed E-state index contributed by atoms with van der Waals surface area (Å²) in [6.07, 6.45) is -0.434. The fourth-order valence-corrected chi connectivity index (χ4v) is 3.18. The van der Waals surface area contributed by atoms with Gasteiger partial charge in [-0.2, -0.15) is 0 Å². The number of alkyl halides is 3. The van der Waals surface area contributed by atoms with E-state index in [-0.39, 0.29) is 24.1 Å². The van der Waals surface area contributed by atoms with Crippen LogP contribution >= 0.6 is 0 Å². The Labute approximate surface area is 154 Å². The van der Waals surface area contributed by atoms with Crippen molar-refractivity contribution in [2.45, 2.75) is 25.2 Å². The molecule has 0 spiro atoms. The molecule has 1 atom stereocenters. The zero-order chi connectivity index (χ0) is 19.4. The van der Waals surface area contributed by atoms with Crippen LogP contribution in [0.1, 0.15) is 23.9 Å². The summed E-state index contributed by atoms with van der Waals surface area (Å²) in [5.74, 6) is 0.554. The second-order valence-corrected chi connectivity index (χ2v) is 6.40. The van der Waals surface area contributed by atoms with Crippen molar-refractivity contribution in [3.63, 3.8) is 0 Å². The lowest BCUT2D eigenvalue weighted by Crippen LogP contribution is -2.49. The number of amides is 1. The third kappa shape index (κ3) is 5.00. The van der Waals surface area contributed by atoms with E-state index in [4.69, 9.17) is 0 Å². The number of aromatic nitrogens is 2. The molecule has 0 radical (unpaired) electrons. The Balaban J connectivity index is 1.60. The maximum absolute atomic E-state index is 12.7. The summed E-state index contributed by atoms with van der Waals surface area (Å²) >= 11 is 0. The van der Waals surface area contributed by atoms with Gasteiger partial charge in [0.05, 0.1) is 0 Å². The van der Waals surface area contributed by atoms with Gasteiger partial charge in [-0.15, -0.1) is 13.2 Å². The average Bonchev–Trinajstić information content (AvgIpc) is 3.05. The first-order chi connectivity index (χ1) is 12.8. The van der Waals surface area contributed by atoms with Crippen LogP contribution in [-0.4, -0.2) is 46.4 Å². The lowest BCUT2D eigenvalue weighted by Gasteiger charge is -2.35. The highest BCUT2D eigenvalue weighted by atomic mass is 19.4. The van der Waals surface area contributed by atoms with Crippen LogP contribution in [0.3, 0.4) is 0 Å². The number of benzene rings is 1. The molecule has 1 aromatic carbocycles. The molecule has 1 fully saturated rings. The molecule has 3 rings (SSSR count). The number of ether oxygens (including phenoxy) is 1. The summed E-state index contributed by atoms with van der Waals surface area (Å²) < 4.78 is 42.3. The number of halogens is 3. The van der Waals surface area contributed by atoms with Crippen molar-refractivity contribution in [3.8, 4) is 5.75 Å².